The van der Waals surface area contributed by atoms with Crippen LogP contribution in [0.1, 0.15) is 41.0 Å². The summed E-state index contributed by atoms with van der Waals surface area (Å²) in [7, 11) is 0. The van der Waals surface area contributed by atoms with E-state index in [0.717, 1.165) is 16.9 Å². The first-order valence-corrected chi connectivity index (χ1v) is 10.5. The molecule has 3 aromatic rings. The molecular formula is C23H24N2O4S. The summed E-state index contributed by atoms with van der Waals surface area (Å²) in [5, 5.41) is 3.26. The van der Waals surface area contributed by atoms with E-state index in [2.05, 4.69) is 5.32 Å². The summed E-state index contributed by atoms with van der Waals surface area (Å²) in [6, 6.07) is 16.3. The Morgan fingerprint density at radius 1 is 1.07 bits per heavy atom. The normalized spacial score (nSPS) is 10.5. The van der Waals surface area contributed by atoms with E-state index in [1.165, 1.54) is 11.3 Å². The van der Waals surface area contributed by atoms with Crippen LogP contribution in [0, 0.1) is 0 Å². The van der Waals surface area contributed by atoms with Crippen LogP contribution in [0.25, 0.3) is 10.4 Å². The van der Waals surface area contributed by atoms with Crippen molar-refractivity contribution in [1.82, 2.24) is 0 Å². The molecule has 1 aromatic heterocycles. The minimum atomic E-state index is -0.478. The number of ether oxygens (including phenoxy) is 2. The van der Waals surface area contributed by atoms with E-state index < -0.39 is 5.97 Å². The van der Waals surface area contributed by atoms with E-state index in [9.17, 15) is 9.59 Å². The maximum Gasteiger partial charge on any atom is 0.341 e. The number of hydrogen-bond donors (Lipinski definition) is 2. The molecule has 0 fully saturated rings. The molecular weight excluding hydrogens is 400 g/mol. The molecule has 0 atom stereocenters. The molecule has 0 aliphatic heterocycles. The van der Waals surface area contributed by atoms with Crippen molar-refractivity contribution in [2.45, 2.75) is 20.3 Å². The van der Waals surface area contributed by atoms with Crippen LogP contribution in [-0.4, -0.2) is 25.1 Å². The van der Waals surface area contributed by atoms with Crippen molar-refractivity contribution < 1.29 is 19.1 Å². The molecule has 30 heavy (non-hydrogen) atoms. The molecule has 0 saturated carbocycles. The van der Waals surface area contributed by atoms with Gasteiger partial charge in [-0.3, -0.25) is 4.79 Å². The van der Waals surface area contributed by atoms with Gasteiger partial charge in [-0.05, 0) is 43.2 Å². The second kappa shape index (κ2) is 9.93. The average Bonchev–Trinajstić information content (AvgIpc) is 3.17. The van der Waals surface area contributed by atoms with Crippen LogP contribution in [0.5, 0.6) is 5.75 Å². The number of hydrogen-bond acceptors (Lipinski definition) is 6. The number of carbonyl (C=O) groups excluding carboxylic acids is 2. The molecule has 0 aliphatic rings. The fourth-order valence-electron chi connectivity index (χ4n) is 2.80. The van der Waals surface area contributed by atoms with Crippen LogP contribution in [0.4, 0.5) is 10.7 Å². The maximum absolute atomic E-state index is 12.8. The van der Waals surface area contributed by atoms with Gasteiger partial charge in [0.25, 0.3) is 5.91 Å². The van der Waals surface area contributed by atoms with Gasteiger partial charge in [-0.1, -0.05) is 37.3 Å². The average molecular weight is 425 g/mol. The Hall–Kier alpha value is -3.32. The number of nitrogens with two attached hydrogens (primary N) is 1. The van der Waals surface area contributed by atoms with Gasteiger partial charge in [0.05, 0.1) is 24.5 Å². The van der Waals surface area contributed by atoms with Crippen LogP contribution in [0.15, 0.2) is 54.6 Å². The van der Waals surface area contributed by atoms with Gasteiger partial charge in [-0.25, -0.2) is 4.79 Å². The zero-order chi connectivity index (χ0) is 21.5. The summed E-state index contributed by atoms with van der Waals surface area (Å²) in [4.78, 5) is 26.1. The maximum atomic E-state index is 12.8. The van der Waals surface area contributed by atoms with Crippen LogP contribution in [0.2, 0.25) is 0 Å². The predicted octanol–water partition coefficient (Wildman–Crippen LogP) is 5.22. The monoisotopic (exact) mass is 424 g/mol. The molecule has 0 aliphatic carbocycles. The molecule has 156 valence electrons. The van der Waals surface area contributed by atoms with Crippen LogP contribution < -0.4 is 15.8 Å². The van der Waals surface area contributed by atoms with Crippen molar-refractivity contribution >= 4 is 33.9 Å². The highest BCUT2D eigenvalue weighted by Crippen LogP contribution is 2.36. The summed E-state index contributed by atoms with van der Waals surface area (Å²) in [5.74, 6) is -0.298. The molecule has 0 bridgehead atoms. The van der Waals surface area contributed by atoms with Crippen molar-refractivity contribution in [3.8, 4) is 16.2 Å². The minimum absolute atomic E-state index is 0.249. The first kappa shape index (κ1) is 21.4. The van der Waals surface area contributed by atoms with Gasteiger partial charge in [-0.2, -0.15) is 0 Å². The third-order valence-corrected chi connectivity index (χ3v) is 5.35. The van der Waals surface area contributed by atoms with Gasteiger partial charge in [0.1, 0.15) is 10.8 Å². The third kappa shape index (κ3) is 4.99. The van der Waals surface area contributed by atoms with Gasteiger partial charge < -0.3 is 20.5 Å². The Morgan fingerprint density at radius 3 is 2.50 bits per heavy atom. The molecule has 1 heterocycles. The highest BCUT2D eigenvalue weighted by atomic mass is 32.1. The second-order valence-corrected chi connectivity index (χ2v) is 7.55. The van der Waals surface area contributed by atoms with Crippen molar-refractivity contribution in [1.29, 1.82) is 0 Å². The Bertz CT molecular complexity index is 1030. The van der Waals surface area contributed by atoms with E-state index in [4.69, 9.17) is 15.2 Å². The van der Waals surface area contributed by atoms with Gasteiger partial charge in [0.15, 0.2) is 0 Å². The summed E-state index contributed by atoms with van der Waals surface area (Å²) < 4.78 is 10.7. The van der Waals surface area contributed by atoms with Crippen molar-refractivity contribution in [3.63, 3.8) is 0 Å². The molecule has 1 amide bonds. The lowest BCUT2D eigenvalue weighted by atomic mass is 10.1. The highest BCUT2D eigenvalue weighted by molar-refractivity contribution is 7.20. The van der Waals surface area contributed by atoms with Crippen LogP contribution in [0.3, 0.4) is 0 Å². The Balaban J connectivity index is 1.87. The number of esters is 1. The number of anilines is 2. The summed E-state index contributed by atoms with van der Waals surface area (Å²) in [5.41, 5.74) is 8.06. The van der Waals surface area contributed by atoms with Crippen molar-refractivity contribution in [2.75, 3.05) is 24.3 Å². The molecule has 3 N–H and O–H groups in total. The van der Waals surface area contributed by atoms with Gasteiger partial charge in [-0.15, -0.1) is 11.3 Å². The molecule has 0 radical (unpaired) electrons. The number of nitrogens with one attached hydrogen (secondary N) is 1. The Morgan fingerprint density at radius 2 is 1.83 bits per heavy atom. The molecule has 7 heteroatoms. The smallest absolute Gasteiger partial charge is 0.341 e. The largest absolute Gasteiger partial charge is 0.491 e. The van der Waals surface area contributed by atoms with E-state index in [0.29, 0.717) is 34.2 Å². The van der Waals surface area contributed by atoms with Gasteiger partial charge >= 0.3 is 5.97 Å². The zero-order valence-corrected chi connectivity index (χ0v) is 17.8. The predicted molar refractivity (Wildman–Crippen MR) is 120 cm³/mol. The number of carbonyl (C=O) groups is 2. The number of nitrogen functional groups attached to an aromatic ring is 1. The number of amides is 1. The number of rotatable bonds is 8. The molecule has 2 aromatic carbocycles. The zero-order valence-electron chi connectivity index (χ0n) is 16.9. The molecule has 3 rings (SSSR count). The van der Waals surface area contributed by atoms with Crippen LogP contribution >= 0.6 is 11.3 Å². The number of benzene rings is 2. The summed E-state index contributed by atoms with van der Waals surface area (Å²) >= 11 is 1.32. The first-order valence-electron chi connectivity index (χ1n) is 9.73. The summed E-state index contributed by atoms with van der Waals surface area (Å²) in [6.07, 6.45) is 0.862. The van der Waals surface area contributed by atoms with Crippen molar-refractivity contribution in [3.05, 3.63) is 65.7 Å². The SMILES string of the molecule is CCCOc1ccc(C(=O)Nc2sc(-c3ccccc3)cc2C(=O)OCC)cc1N. The number of thiophene rings is 1. The molecule has 6 nitrogen and oxygen atoms in total. The van der Waals surface area contributed by atoms with E-state index in [-0.39, 0.29) is 12.5 Å². The fourth-order valence-corrected chi connectivity index (χ4v) is 3.84. The van der Waals surface area contributed by atoms with Gasteiger partial charge in [0.2, 0.25) is 0 Å². The fraction of sp³-hybridized carbons (Fsp3) is 0.217. The standard InChI is InChI=1S/C23H24N2O4S/c1-3-12-29-19-11-10-16(13-18(19)24)21(26)25-22-17(23(27)28-4-2)14-20(30-22)15-8-6-5-7-9-15/h5-11,13-14H,3-4,12,24H2,1-2H3,(H,25,26). The van der Waals surface area contributed by atoms with E-state index in [1.54, 1.807) is 31.2 Å². The minimum Gasteiger partial charge on any atom is -0.491 e. The molecule has 0 spiro atoms. The lowest BCUT2D eigenvalue weighted by Gasteiger charge is -2.10. The second-order valence-electron chi connectivity index (χ2n) is 6.50. The molecule has 0 saturated heterocycles. The van der Waals surface area contributed by atoms with E-state index >= 15 is 0 Å². The van der Waals surface area contributed by atoms with Crippen LogP contribution in [-0.2, 0) is 4.74 Å². The van der Waals surface area contributed by atoms with Crippen molar-refractivity contribution in [2.24, 2.45) is 0 Å². The Labute approximate surface area is 179 Å². The van der Waals surface area contributed by atoms with Gasteiger partial charge in [0, 0.05) is 10.4 Å². The third-order valence-electron chi connectivity index (χ3n) is 4.25. The quantitative estimate of drug-likeness (QED) is 0.382. The molecule has 0 unspecified atom stereocenters. The van der Waals surface area contributed by atoms with E-state index in [1.807, 2.05) is 37.3 Å². The lowest BCUT2D eigenvalue weighted by Crippen LogP contribution is -2.14. The first-order chi connectivity index (χ1) is 14.5. The topological polar surface area (TPSA) is 90.6 Å². The lowest BCUT2D eigenvalue weighted by molar-refractivity contribution is 0.0528. The Kier molecular flexibility index (Phi) is 7.08. The highest BCUT2D eigenvalue weighted by Gasteiger charge is 2.20. The summed E-state index contributed by atoms with van der Waals surface area (Å²) in [6.45, 7) is 4.55.